The summed E-state index contributed by atoms with van der Waals surface area (Å²) in [6, 6.07) is 28.2. The number of aliphatic hydroxyl groups excluding tert-OH is 1. The lowest BCUT2D eigenvalue weighted by atomic mass is 10.0. The lowest BCUT2D eigenvalue weighted by Gasteiger charge is -2.24. The predicted molar refractivity (Wildman–Crippen MR) is 116 cm³/mol. The summed E-state index contributed by atoms with van der Waals surface area (Å²) in [5.41, 5.74) is 3.25. The molecule has 0 spiro atoms. The molecule has 0 aliphatic heterocycles. The van der Waals surface area contributed by atoms with E-state index in [-0.39, 0.29) is 12.7 Å². The van der Waals surface area contributed by atoms with Crippen LogP contribution in [0.5, 0.6) is 5.75 Å². The molecule has 3 rings (SSSR count). The lowest BCUT2D eigenvalue weighted by molar-refractivity contribution is -0.00631. The normalized spacial score (nSPS) is 12.3. The molecule has 0 radical (unpaired) electrons. The number of benzene rings is 3. The molecule has 1 unspecified atom stereocenters. The SMILES string of the molecule is COc1ccccc1CN(C)CC(O)COC(c1ccccc1)c1ccccc1. The molecule has 1 N–H and O–H groups in total. The van der Waals surface area contributed by atoms with Gasteiger partial charge in [0, 0.05) is 18.7 Å². The van der Waals surface area contributed by atoms with E-state index in [0.29, 0.717) is 13.1 Å². The average Bonchev–Trinajstić information content (AvgIpc) is 2.75. The smallest absolute Gasteiger partial charge is 0.123 e. The van der Waals surface area contributed by atoms with Crippen LogP contribution in [0.1, 0.15) is 22.8 Å². The van der Waals surface area contributed by atoms with Crippen LogP contribution in [0.15, 0.2) is 84.9 Å². The van der Waals surface area contributed by atoms with Crippen molar-refractivity contribution >= 4 is 0 Å². The number of methoxy groups -OCH3 is 1. The van der Waals surface area contributed by atoms with Gasteiger partial charge in [0.1, 0.15) is 11.9 Å². The van der Waals surface area contributed by atoms with Gasteiger partial charge < -0.3 is 14.6 Å². The van der Waals surface area contributed by atoms with Crippen LogP contribution in [-0.2, 0) is 11.3 Å². The van der Waals surface area contributed by atoms with Crippen LogP contribution in [0.4, 0.5) is 0 Å². The molecule has 3 aromatic carbocycles. The first-order valence-corrected chi connectivity index (χ1v) is 9.87. The van der Waals surface area contributed by atoms with Gasteiger partial charge in [0.25, 0.3) is 0 Å². The number of rotatable bonds is 10. The molecule has 29 heavy (non-hydrogen) atoms. The first kappa shape index (κ1) is 21.1. The molecule has 0 saturated heterocycles. The van der Waals surface area contributed by atoms with Crippen molar-refractivity contribution in [2.75, 3.05) is 27.3 Å². The molecule has 1 atom stereocenters. The number of hydrogen-bond acceptors (Lipinski definition) is 4. The van der Waals surface area contributed by atoms with Crippen molar-refractivity contribution in [3.8, 4) is 5.75 Å². The summed E-state index contributed by atoms with van der Waals surface area (Å²) in [6.45, 7) is 1.46. The van der Waals surface area contributed by atoms with Gasteiger partial charge in [-0.15, -0.1) is 0 Å². The maximum absolute atomic E-state index is 10.6. The second-order valence-corrected chi connectivity index (χ2v) is 7.20. The van der Waals surface area contributed by atoms with E-state index in [1.165, 1.54) is 0 Å². The number of hydrogen-bond donors (Lipinski definition) is 1. The van der Waals surface area contributed by atoms with Crippen molar-refractivity contribution in [3.05, 3.63) is 102 Å². The Morgan fingerprint density at radius 2 is 1.38 bits per heavy atom. The molecule has 4 nitrogen and oxygen atoms in total. The topological polar surface area (TPSA) is 41.9 Å². The van der Waals surface area contributed by atoms with Gasteiger partial charge in [-0.25, -0.2) is 0 Å². The summed E-state index contributed by atoms with van der Waals surface area (Å²) in [5.74, 6) is 0.860. The van der Waals surface area contributed by atoms with Crippen LogP contribution in [0.3, 0.4) is 0 Å². The second-order valence-electron chi connectivity index (χ2n) is 7.20. The Kier molecular flexibility index (Phi) is 7.82. The van der Waals surface area contributed by atoms with Crippen molar-refractivity contribution in [2.45, 2.75) is 18.8 Å². The largest absolute Gasteiger partial charge is 0.496 e. The zero-order valence-electron chi connectivity index (χ0n) is 17.1. The van der Waals surface area contributed by atoms with Crippen LogP contribution in [0, 0.1) is 0 Å². The molecule has 3 aromatic rings. The molecule has 0 fully saturated rings. The van der Waals surface area contributed by atoms with Crippen LogP contribution in [-0.4, -0.2) is 43.4 Å². The van der Waals surface area contributed by atoms with E-state index in [1.807, 2.05) is 67.7 Å². The van der Waals surface area contributed by atoms with Gasteiger partial charge in [0.05, 0.1) is 19.8 Å². The number of aliphatic hydroxyl groups is 1. The van der Waals surface area contributed by atoms with E-state index < -0.39 is 6.10 Å². The average molecular weight is 392 g/mol. The summed E-state index contributed by atoms with van der Waals surface area (Å²) < 4.78 is 11.6. The monoisotopic (exact) mass is 391 g/mol. The van der Waals surface area contributed by atoms with Crippen molar-refractivity contribution < 1.29 is 14.6 Å². The maximum atomic E-state index is 10.6. The number of ether oxygens (including phenoxy) is 2. The Morgan fingerprint density at radius 3 is 1.97 bits per heavy atom. The molecule has 0 saturated carbocycles. The van der Waals surface area contributed by atoms with E-state index in [4.69, 9.17) is 9.47 Å². The highest BCUT2D eigenvalue weighted by Crippen LogP contribution is 2.26. The van der Waals surface area contributed by atoms with Crippen molar-refractivity contribution in [1.29, 1.82) is 0 Å². The molecule has 0 bridgehead atoms. The minimum atomic E-state index is -0.593. The Bertz CT molecular complexity index is 815. The van der Waals surface area contributed by atoms with Crippen LogP contribution >= 0.6 is 0 Å². The molecule has 0 aliphatic carbocycles. The first-order valence-electron chi connectivity index (χ1n) is 9.87. The van der Waals surface area contributed by atoms with Gasteiger partial charge in [-0.1, -0.05) is 78.9 Å². The molecule has 0 aliphatic rings. The van der Waals surface area contributed by atoms with Crippen molar-refractivity contribution in [2.24, 2.45) is 0 Å². The van der Waals surface area contributed by atoms with Gasteiger partial charge in [-0.2, -0.15) is 0 Å². The standard InChI is InChI=1S/C25H29NO3/c1-26(17-22-15-9-10-16-24(22)28-2)18-23(27)19-29-25(20-11-5-3-6-12-20)21-13-7-4-8-14-21/h3-16,23,25,27H,17-19H2,1-2H3. The van der Waals surface area contributed by atoms with Gasteiger partial charge in [-0.05, 0) is 24.2 Å². The molecular weight excluding hydrogens is 362 g/mol. The fourth-order valence-electron chi connectivity index (χ4n) is 3.45. The second kappa shape index (κ2) is 10.8. The zero-order valence-corrected chi connectivity index (χ0v) is 17.1. The third kappa shape index (κ3) is 6.16. The van der Waals surface area contributed by atoms with Crippen molar-refractivity contribution in [1.82, 2.24) is 4.90 Å². The van der Waals surface area contributed by atoms with Gasteiger partial charge in [0.15, 0.2) is 0 Å². The van der Waals surface area contributed by atoms with Gasteiger partial charge in [-0.3, -0.25) is 4.90 Å². The summed E-state index contributed by atoms with van der Waals surface area (Å²) >= 11 is 0. The van der Waals surface area contributed by atoms with E-state index in [9.17, 15) is 5.11 Å². The quantitative estimate of drug-likeness (QED) is 0.560. The predicted octanol–water partition coefficient (Wildman–Crippen LogP) is 4.29. The maximum Gasteiger partial charge on any atom is 0.123 e. The fraction of sp³-hybridized carbons (Fsp3) is 0.280. The van der Waals surface area contributed by atoms with E-state index in [2.05, 4.69) is 29.2 Å². The lowest BCUT2D eigenvalue weighted by Crippen LogP contribution is -2.32. The summed E-state index contributed by atoms with van der Waals surface area (Å²) in [6.07, 6.45) is -0.795. The Morgan fingerprint density at radius 1 is 0.828 bits per heavy atom. The summed E-state index contributed by atoms with van der Waals surface area (Å²) in [4.78, 5) is 2.08. The van der Waals surface area contributed by atoms with Gasteiger partial charge in [0.2, 0.25) is 0 Å². The molecule has 0 heterocycles. The number of para-hydroxylation sites is 1. The highest BCUT2D eigenvalue weighted by Gasteiger charge is 2.17. The highest BCUT2D eigenvalue weighted by molar-refractivity contribution is 5.33. The summed E-state index contributed by atoms with van der Waals surface area (Å²) in [7, 11) is 3.66. The highest BCUT2D eigenvalue weighted by atomic mass is 16.5. The third-order valence-electron chi connectivity index (χ3n) is 4.82. The summed E-state index contributed by atoms with van der Waals surface area (Å²) in [5, 5.41) is 10.6. The Labute approximate surface area is 173 Å². The molecule has 0 amide bonds. The minimum Gasteiger partial charge on any atom is -0.496 e. The number of nitrogens with zero attached hydrogens (tertiary/aromatic N) is 1. The van der Waals surface area contributed by atoms with Crippen molar-refractivity contribution in [3.63, 3.8) is 0 Å². The van der Waals surface area contributed by atoms with E-state index >= 15 is 0 Å². The molecular formula is C25H29NO3. The Hall–Kier alpha value is -2.66. The minimum absolute atomic E-state index is 0.202. The Balaban J connectivity index is 1.59. The van der Waals surface area contributed by atoms with E-state index in [0.717, 1.165) is 22.4 Å². The van der Waals surface area contributed by atoms with Gasteiger partial charge >= 0.3 is 0 Å². The van der Waals surface area contributed by atoms with Crippen LogP contribution < -0.4 is 4.74 Å². The molecule has 0 aromatic heterocycles. The zero-order chi connectivity index (χ0) is 20.5. The third-order valence-corrected chi connectivity index (χ3v) is 4.82. The molecule has 4 heteroatoms. The first-order chi connectivity index (χ1) is 14.2. The van der Waals surface area contributed by atoms with Crippen LogP contribution in [0.25, 0.3) is 0 Å². The fourth-order valence-corrected chi connectivity index (χ4v) is 3.45. The van der Waals surface area contributed by atoms with Crippen LogP contribution in [0.2, 0.25) is 0 Å². The number of likely N-dealkylation sites (N-methyl/N-ethyl adjacent to an activating group) is 1. The molecule has 152 valence electrons. The van der Waals surface area contributed by atoms with E-state index in [1.54, 1.807) is 7.11 Å².